The molecule has 2 aromatic heterocycles. The summed E-state index contributed by atoms with van der Waals surface area (Å²) in [7, 11) is 3.68. The minimum atomic E-state index is 0.188. The van der Waals surface area contributed by atoms with E-state index in [1.807, 2.05) is 26.2 Å². The maximum Gasteiger partial charge on any atom is 0.234 e. The van der Waals surface area contributed by atoms with Crippen molar-refractivity contribution in [3.63, 3.8) is 0 Å². The fraction of sp³-hybridized carbons (Fsp3) is 0.222. The van der Waals surface area contributed by atoms with Gasteiger partial charge in [-0.3, -0.25) is 0 Å². The summed E-state index contributed by atoms with van der Waals surface area (Å²) >= 11 is 0. The zero-order valence-corrected chi connectivity index (χ0v) is 9.10. The summed E-state index contributed by atoms with van der Waals surface area (Å²) in [4.78, 5) is 16.9. The van der Waals surface area contributed by atoms with Crippen LogP contribution in [0.2, 0.25) is 0 Å². The predicted molar refractivity (Wildman–Crippen MR) is 62.6 cm³/mol. The van der Waals surface area contributed by atoms with Crippen LogP contribution in [0.1, 0.15) is 0 Å². The Morgan fingerprint density at radius 3 is 2.75 bits per heavy atom. The van der Waals surface area contributed by atoms with E-state index in [4.69, 9.17) is 5.73 Å². The minimum Gasteiger partial charge on any atom is -0.368 e. The van der Waals surface area contributed by atoms with Gasteiger partial charge in [0.2, 0.25) is 17.8 Å². The fourth-order valence-electron chi connectivity index (χ4n) is 1.17. The molecule has 0 amide bonds. The van der Waals surface area contributed by atoms with Crippen molar-refractivity contribution in [1.82, 2.24) is 19.9 Å². The van der Waals surface area contributed by atoms with Crippen molar-refractivity contribution in [3.05, 3.63) is 18.3 Å². The molecule has 0 aliphatic rings. The molecule has 2 rings (SSSR count). The molecule has 2 heterocycles. The topological polar surface area (TPSA) is 95.8 Å². The quantitative estimate of drug-likeness (QED) is 0.699. The van der Waals surface area contributed by atoms with E-state index >= 15 is 0 Å². The fourth-order valence-corrected chi connectivity index (χ4v) is 1.17. The smallest absolute Gasteiger partial charge is 0.234 e. The summed E-state index contributed by atoms with van der Waals surface area (Å²) in [5, 5.41) is 3.00. The third kappa shape index (κ3) is 2.19. The van der Waals surface area contributed by atoms with Crippen LogP contribution in [0.15, 0.2) is 18.3 Å². The van der Waals surface area contributed by atoms with Crippen molar-refractivity contribution in [2.75, 3.05) is 30.0 Å². The molecule has 0 saturated heterocycles. The summed E-state index contributed by atoms with van der Waals surface area (Å²) in [6, 6.07) is 3.75. The number of aromatic nitrogens is 4. The summed E-state index contributed by atoms with van der Waals surface area (Å²) in [6.45, 7) is 0. The number of anilines is 4. The van der Waals surface area contributed by atoms with Gasteiger partial charge in [-0.1, -0.05) is 0 Å². The molecule has 4 N–H and O–H groups in total. The van der Waals surface area contributed by atoms with Gasteiger partial charge in [0.25, 0.3) is 0 Å². The highest BCUT2D eigenvalue weighted by Gasteiger charge is 2.06. The molecule has 0 saturated carbocycles. The third-order valence-electron chi connectivity index (χ3n) is 1.89. The van der Waals surface area contributed by atoms with Crippen LogP contribution >= 0.6 is 0 Å². The summed E-state index contributed by atoms with van der Waals surface area (Å²) in [6.07, 6.45) is 1.81. The van der Waals surface area contributed by atoms with Gasteiger partial charge in [-0.25, -0.2) is 0 Å². The number of nitrogen functional groups attached to an aromatic ring is 1. The second-order valence-corrected chi connectivity index (χ2v) is 3.42. The molecule has 0 aliphatic heterocycles. The number of hydrogen-bond acceptors (Lipinski definition) is 6. The molecule has 7 nitrogen and oxygen atoms in total. The van der Waals surface area contributed by atoms with Gasteiger partial charge in [0, 0.05) is 20.3 Å². The van der Waals surface area contributed by atoms with Gasteiger partial charge in [0.1, 0.15) is 5.82 Å². The van der Waals surface area contributed by atoms with Crippen molar-refractivity contribution >= 4 is 23.7 Å². The lowest BCUT2D eigenvalue weighted by Crippen LogP contribution is -2.15. The molecule has 0 aliphatic carbocycles. The second-order valence-electron chi connectivity index (χ2n) is 3.42. The Morgan fingerprint density at radius 1 is 1.31 bits per heavy atom. The first-order chi connectivity index (χ1) is 7.65. The third-order valence-corrected chi connectivity index (χ3v) is 1.89. The molecule has 0 spiro atoms. The zero-order chi connectivity index (χ0) is 11.5. The summed E-state index contributed by atoms with van der Waals surface area (Å²) < 4.78 is 0. The molecule has 0 unspecified atom stereocenters. The van der Waals surface area contributed by atoms with Crippen molar-refractivity contribution in [2.24, 2.45) is 0 Å². The molecule has 0 atom stereocenters. The Hall–Kier alpha value is -2.31. The molecule has 2 aromatic rings. The van der Waals surface area contributed by atoms with E-state index in [1.54, 1.807) is 11.1 Å². The summed E-state index contributed by atoms with van der Waals surface area (Å²) in [5.74, 6) is 1.92. The number of H-pyrrole nitrogens is 1. The lowest BCUT2D eigenvalue weighted by molar-refractivity contribution is 0.968. The first-order valence-electron chi connectivity index (χ1n) is 4.74. The Balaban J connectivity index is 2.27. The van der Waals surface area contributed by atoms with E-state index in [0.29, 0.717) is 11.9 Å². The highest BCUT2D eigenvalue weighted by Crippen LogP contribution is 2.13. The van der Waals surface area contributed by atoms with E-state index in [2.05, 4.69) is 25.3 Å². The van der Waals surface area contributed by atoms with Gasteiger partial charge in [-0.05, 0) is 12.1 Å². The molecule has 16 heavy (non-hydrogen) atoms. The van der Waals surface area contributed by atoms with Crippen LogP contribution in [0, 0.1) is 0 Å². The average molecular weight is 219 g/mol. The van der Waals surface area contributed by atoms with E-state index in [1.165, 1.54) is 0 Å². The molecule has 0 fully saturated rings. The van der Waals surface area contributed by atoms with Crippen LogP contribution in [0.3, 0.4) is 0 Å². The molecule has 0 bridgehead atoms. The number of nitrogens with zero attached hydrogens (tertiary/aromatic N) is 4. The van der Waals surface area contributed by atoms with E-state index < -0.39 is 0 Å². The van der Waals surface area contributed by atoms with E-state index in [-0.39, 0.29) is 5.95 Å². The van der Waals surface area contributed by atoms with Gasteiger partial charge in [-0.15, -0.1) is 0 Å². The highest BCUT2D eigenvalue weighted by molar-refractivity contribution is 5.51. The van der Waals surface area contributed by atoms with E-state index in [9.17, 15) is 0 Å². The lowest BCUT2D eigenvalue weighted by atomic mass is 10.6. The largest absolute Gasteiger partial charge is 0.368 e. The van der Waals surface area contributed by atoms with Gasteiger partial charge in [-0.2, -0.15) is 15.0 Å². The maximum absolute atomic E-state index is 5.59. The van der Waals surface area contributed by atoms with Crippen LogP contribution in [-0.4, -0.2) is 34.0 Å². The Bertz CT molecular complexity index is 463. The first kappa shape index (κ1) is 10.2. The number of aromatic amines is 1. The number of nitrogens with one attached hydrogen (secondary N) is 2. The van der Waals surface area contributed by atoms with Crippen molar-refractivity contribution in [3.8, 4) is 0 Å². The van der Waals surface area contributed by atoms with Gasteiger partial charge in [0.15, 0.2) is 0 Å². The standard InChI is InChI=1S/C9H13N7/c1-16(2)9-14-7(10)13-8(15-9)12-6-4-3-5-11-6/h3-5,11H,1-2H3,(H3,10,12,13,14,15). The summed E-state index contributed by atoms with van der Waals surface area (Å²) in [5.41, 5.74) is 5.59. The Kier molecular flexibility index (Phi) is 2.59. The first-order valence-corrected chi connectivity index (χ1v) is 4.74. The maximum atomic E-state index is 5.59. The van der Waals surface area contributed by atoms with Crippen LogP contribution in [0.5, 0.6) is 0 Å². The molecule has 0 radical (unpaired) electrons. The number of rotatable bonds is 3. The monoisotopic (exact) mass is 219 g/mol. The minimum absolute atomic E-state index is 0.188. The molecule has 7 heteroatoms. The normalized spacial score (nSPS) is 10.1. The zero-order valence-electron chi connectivity index (χ0n) is 9.10. The molecule has 0 aromatic carbocycles. The van der Waals surface area contributed by atoms with Gasteiger partial charge < -0.3 is 20.9 Å². The number of nitrogens with two attached hydrogens (primary N) is 1. The Morgan fingerprint density at radius 2 is 2.12 bits per heavy atom. The van der Waals surface area contributed by atoms with Crippen molar-refractivity contribution < 1.29 is 0 Å². The van der Waals surface area contributed by atoms with Crippen molar-refractivity contribution in [2.45, 2.75) is 0 Å². The molecular weight excluding hydrogens is 206 g/mol. The van der Waals surface area contributed by atoms with Gasteiger partial charge >= 0.3 is 0 Å². The lowest BCUT2D eigenvalue weighted by Gasteiger charge is -2.11. The SMILES string of the molecule is CN(C)c1nc(N)nc(Nc2ccc[nH]2)n1. The van der Waals surface area contributed by atoms with Crippen LogP contribution in [-0.2, 0) is 0 Å². The molecular formula is C9H13N7. The second kappa shape index (κ2) is 4.05. The number of hydrogen-bond donors (Lipinski definition) is 3. The molecule has 84 valence electrons. The van der Waals surface area contributed by atoms with Crippen LogP contribution < -0.4 is 16.0 Å². The van der Waals surface area contributed by atoms with Crippen LogP contribution in [0.25, 0.3) is 0 Å². The van der Waals surface area contributed by atoms with Crippen molar-refractivity contribution in [1.29, 1.82) is 0 Å². The predicted octanol–water partition coefficient (Wildman–Crippen LogP) is 0.591. The Labute approximate surface area is 92.7 Å². The van der Waals surface area contributed by atoms with Crippen LogP contribution in [0.4, 0.5) is 23.7 Å². The average Bonchev–Trinajstić information content (AvgIpc) is 2.69. The van der Waals surface area contributed by atoms with E-state index in [0.717, 1.165) is 5.82 Å². The van der Waals surface area contributed by atoms with Gasteiger partial charge in [0.05, 0.1) is 0 Å². The highest BCUT2D eigenvalue weighted by atomic mass is 15.3.